The third-order valence-corrected chi connectivity index (χ3v) is 7.07. The summed E-state index contributed by atoms with van der Waals surface area (Å²) >= 11 is 0. The van der Waals surface area contributed by atoms with Crippen LogP contribution >= 0.6 is 0 Å². The summed E-state index contributed by atoms with van der Waals surface area (Å²) < 4.78 is 0. The van der Waals surface area contributed by atoms with Gasteiger partial charge in [0.2, 0.25) is 17.6 Å². The maximum atomic E-state index is 13.5. The largest absolute Gasteiger partial charge is 0.349 e. The smallest absolute Gasteiger partial charge is 0.289 e. The molecule has 2 saturated heterocycles. The number of carbonyl (C=O) groups is 4. The summed E-state index contributed by atoms with van der Waals surface area (Å²) in [4.78, 5) is 53.5. The Kier molecular flexibility index (Phi) is 11.3. The highest BCUT2D eigenvalue weighted by atomic mass is 16.2. The van der Waals surface area contributed by atoms with Crippen LogP contribution in [0.25, 0.3) is 0 Å². The summed E-state index contributed by atoms with van der Waals surface area (Å²) in [5, 5.41) is 5.49. The zero-order valence-corrected chi connectivity index (χ0v) is 20.7. The van der Waals surface area contributed by atoms with E-state index in [4.69, 9.17) is 5.73 Å². The monoisotopic (exact) mass is 464 g/mol. The number of fused-ring (bicyclic) bond motifs is 1. The molecule has 0 saturated carbocycles. The van der Waals surface area contributed by atoms with Crippen molar-refractivity contribution in [3.05, 3.63) is 0 Å². The van der Waals surface area contributed by atoms with Crippen LogP contribution in [-0.2, 0) is 19.2 Å². The summed E-state index contributed by atoms with van der Waals surface area (Å²) in [6.07, 6.45) is 9.42. The molecule has 2 rings (SSSR count). The lowest BCUT2D eigenvalue weighted by molar-refractivity contribution is -0.143. The number of carbonyl (C=O) groups excluding carboxylic acids is 4. The Morgan fingerprint density at radius 2 is 1.64 bits per heavy atom. The van der Waals surface area contributed by atoms with Crippen LogP contribution in [0, 0.1) is 11.8 Å². The number of amides is 3. The van der Waals surface area contributed by atoms with Gasteiger partial charge in [-0.1, -0.05) is 65.7 Å². The highest BCUT2D eigenvalue weighted by Crippen LogP contribution is 2.32. The lowest BCUT2D eigenvalue weighted by Crippen LogP contribution is -2.57. The Hall–Kier alpha value is -1.96. The van der Waals surface area contributed by atoms with Crippen molar-refractivity contribution in [2.24, 2.45) is 17.6 Å². The minimum absolute atomic E-state index is 0.00953. The molecule has 3 amide bonds. The fourth-order valence-electron chi connectivity index (χ4n) is 5.04. The zero-order valence-electron chi connectivity index (χ0n) is 20.7. The molecule has 0 bridgehead atoms. The van der Waals surface area contributed by atoms with Crippen molar-refractivity contribution in [1.82, 2.24) is 15.5 Å². The first-order valence-electron chi connectivity index (χ1n) is 13.0. The van der Waals surface area contributed by atoms with Gasteiger partial charge in [0.1, 0.15) is 6.04 Å². The SMILES string of the molecule is CCCNC(=O)C(=O)[C@@H]1CCCCCCCCC[C@H](N)C(=O)N2CCC(C(C)C)[C@H]2C(=O)N1. The number of Topliss-reactive ketones (excluding diaryl/α,β-unsaturated/α-hetero) is 1. The molecule has 2 aliphatic heterocycles. The average molecular weight is 465 g/mol. The summed E-state index contributed by atoms with van der Waals surface area (Å²) in [6, 6.07) is -2.15. The number of nitrogens with two attached hydrogens (primary N) is 1. The molecular formula is C25H44N4O4. The van der Waals surface area contributed by atoms with Gasteiger partial charge in [-0.15, -0.1) is 0 Å². The van der Waals surface area contributed by atoms with Gasteiger partial charge in [0.05, 0.1) is 12.1 Å². The average Bonchev–Trinajstić information content (AvgIpc) is 3.24. The van der Waals surface area contributed by atoms with E-state index in [-0.39, 0.29) is 23.7 Å². The van der Waals surface area contributed by atoms with Crippen LogP contribution in [0.15, 0.2) is 0 Å². The fourth-order valence-corrected chi connectivity index (χ4v) is 5.04. The predicted octanol–water partition coefficient (Wildman–Crippen LogP) is 2.29. The summed E-state index contributed by atoms with van der Waals surface area (Å²) in [5.41, 5.74) is 6.24. The Morgan fingerprint density at radius 3 is 2.24 bits per heavy atom. The standard InChI is InChI=1S/C25H44N4O4/c1-4-15-27-24(32)22(30)20-13-11-9-7-5-6-8-10-12-19(26)25(33)29-16-14-18(17(2)3)21(29)23(31)28-20/h17-21H,4-16,26H2,1-3H3,(H,27,32)(H,28,31)/t18?,19-,20-,21-/m0/s1. The molecule has 0 aromatic carbocycles. The van der Waals surface area contributed by atoms with Gasteiger partial charge >= 0.3 is 0 Å². The van der Waals surface area contributed by atoms with Gasteiger partial charge in [-0.3, -0.25) is 19.2 Å². The van der Waals surface area contributed by atoms with Crippen molar-refractivity contribution in [3.8, 4) is 0 Å². The molecule has 4 atom stereocenters. The van der Waals surface area contributed by atoms with Gasteiger partial charge in [0.25, 0.3) is 5.91 Å². The van der Waals surface area contributed by atoms with Crippen LogP contribution < -0.4 is 16.4 Å². The van der Waals surface area contributed by atoms with Gasteiger partial charge < -0.3 is 21.3 Å². The fraction of sp³-hybridized carbons (Fsp3) is 0.840. The molecule has 2 fully saturated rings. The van der Waals surface area contributed by atoms with E-state index < -0.39 is 29.8 Å². The van der Waals surface area contributed by atoms with Gasteiger partial charge in [-0.25, -0.2) is 0 Å². The Morgan fingerprint density at radius 1 is 1.03 bits per heavy atom. The van der Waals surface area contributed by atoms with Crippen molar-refractivity contribution in [2.45, 2.75) is 110 Å². The van der Waals surface area contributed by atoms with Crippen LogP contribution in [0.2, 0.25) is 0 Å². The van der Waals surface area contributed by atoms with Crippen molar-refractivity contribution < 1.29 is 19.2 Å². The van der Waals surface area contributed by atoms with Gasteiger partial charge in [0, 0.05) is 13.1 Å². The predicted molar refractivity (Wildman–Crippen MR) is 128 cm³/mol. The topological polar surface area (TPSA) is 122 Å². The van der Waals surface area contributed by atoms with Crippen LogP contribution in [-0.4, -0.2) is 59.6 Å². The summed E-state index contributed by atoms with van der Waals surface area (Å²) in [6.45, 7) is 6.92. The highest BCUT2D eigenvalue weighted by Gasteiger charge is 2.45. The van der Waals surface area contributed by atoms with E-state index in [1.165, 1.54) is 0 Å². The zero-order chi connectivity index (χ0) is 24.4. The van der Waals surface area contributed by atoms with Crippen molar-refractivity contribution in [3.63, 3.8) is 0 Å². The molecule has 0 spiro atoms. The first-order valence-corrected chi connectivity index (χ1v) is 13.0. The van der Waals surface area contributed by atoms with Gasteiger partial charge in [0.15, 0.2) is 0 Å². The quantitative estimate of drug-likeness (QED) is 0.539. The summed E-state index contributed by atoms with van der Waals surface area (Å²) in [7, 11) is 0. The minimum atomic E-state index is -0.874. The van der Waals surface area contributed by atoms with E-state index in [9.17, 15) is 19.2 Å². The molecule has 4 N–H and O–H groups in total. The normalized spacial score (nSPS) is 28.3. The molecule has 8 heteroatoms. The molecular weight excluding hydrogens is 420 g/mol. The molecule has 0 aliphatic carbocycles. The molecule has 188 valence electrons. The Labute approximate surface area is 198 Å². The number of ketones is 1. The first kappa shape index (κ1) is 27.3. The van der Waals surface area contributed by atoms with Crippen LogP contribution in [0.5, 0.6) is 0 Å². The number of hydrogen-bond donors (Lipinski definition) is 3. The van der Waals surface area contributed by atoms with Crippen LogP contribution in [0.3, 0.4) is 0 Å². The molecule has 0 aromatic rings. The number of rotatable bonds is 5. The van der Waals surface area contributed by atoms with E-state index in [1.807, 2.05) is 20.8 Å². The van der Waals surface area contributed by atoms with Crippen molar-refractivity contribution in [2.75, 3.05) is 13.1 Å². The molecule has 0 radical (unpaired) electrons. The lowest BCUT2D eigenvalue weighted by Gasteiger charge is -2.32. The van der Waals surface area contributed by atoms with Crippen LogP contribution in [0.4, 0.5) is 0 Å². The van der Waals surface area contributed by atoms with Crippen molar-refractivity contribution in [1.29, 1.82) is 0 Å². The van der Waals surface area contributed by atoms with E-state index in [0.29, 0.717) is 25.9 Å². The highest BCUT2D eigenvalue weighted by molar-refractivity contribution is 6.38. The molecule has 8 nitrogen and oxygen atoms in total. The second kappa shape index (κ2) is 13.7. The molecule has 0 aromatic heterocycles. The second-order valence-electron chi connectivity index (χ2n) is 10.0. The minimum Gasteiger partial charge on any atom is -0.349 e. The molecule has 2 aliphatic rings. The van der Waals surface area contributed by atoms with E-state index in [2.05, 4.69) is 10.6 Å². The number of nitrogens with one attached hydrogen (secondary N) is 2. The Bertz CT molecular complexity index is 681. The van der Waals surface area contributed by atoms with Gasteiger partial charge in [-0.05, 0) is 37.5 Å². The van der Waals surface area contributed by atoms with E-state index in [0.717, 1.165) is 57.8 Å². The third-order valence-electron chi connectivity index (χ3n) is 7.07. The first-order chi connectivity index (χ1) is 15.8. The van der Waals surface area contributed by atoms with Gasteiger partial charge in [-0.2, -0.15) is 0 Å². The van der Waals surface area contributed by atoms with E-state index >= 15 is 0 Å². The Balaban J connectivity index is 2.26. The number of nitrogens with zero attached hydrogens (tertiary/aromatic N) is 1. The lowest BCUT2D eigenvalue weighted by atomic mass is 9.87. The van der Waals surface area contributed by atoms with Crippen molar-refractivity contribution >= 4 is 23.5 Å². The number of hydrogen-bond acceptors (Lipinski definition) is 5. The molecule has 2 heterocycles. The maximum absolute atomic E-state index is 13.5. The second-order valence-corrected chi connectivity index (χ2v) is 10.0. The maximum Gasteiger partial charge on any atom is 0.289 e. The van der Waals surface area contributed by atoms with E-state index in [1.54, 1.807) is 4.90 Å². The third kappa shape index (κ3) is 7.80. The van der Waals surface area contributed by atoms with Crippen LogP contribution in [0.1, 0.15) is 91.4 Å². The molecule has 1 unspecified atom stereocenters. The summed E-state index contributed by atoms with van der Waals surface area (Å²) in [5.74, 6) is -1.61. The molecule has 33 heavy (non-hydrogen) atoms.